The molecule has 1 aliphatic heterocycles. The maximum atomic E-state index is 13.6. The van der Waals surface area contributed by atoms with Gasteiger partial charge in [-0.15, -0.1) is 0 Å². The van der Waals surface area contributed by atoms with Gasteiger partial charge in [-0.05, 0) is 33.1 Å². The van der Waals surface area contributed by atoms with Crippen molar-refractivity contribution in [3.05, 3.63) is 0 Å². The van der Waals surface area contributed by atoms with Crippen LogP contribution in [-0.4, -0.2) is 54.2 Å². The Balaban J connectivity index is 3.25. The summed E-state index contributed by atoms with van der Waals surface area (Å²) < 4.78 is 24.2. The predicted octanol–water partition coefficient (Wildman–Crippen LogP) is 3.66. The average Bonchev–Trinajstić information content (AvgIpc) is 2.58. The van der Waals surface area contributed by atoms with Crippen LogP contribution < -0.4 is 0 Å². The highest BCUT2D eigenvalue weighted by atomic mass is 31.2. The molecule has 0 aromatic carbocycles. The lowest BCUT2D eigenvalue weighted by molar-refractivity contribution is 0.129. The fourth-order valence-electron chi connectivity index (χ4n) is 2.70. The Morgan fingerprint density at radius 2 is 1.71 bits per heavy atom. The Bertz CT molecular complexity index is 417. The molecule has 0 aliphatic carbocycles. The summed E-state index contributed by atoms with van der Waals surface area (Å²) in [6.07, 6.45) is 0.801. The highest BCUT2D eigenvalue weighted by molar-refractivity contribution is 7.58. The molecule has 0 aromatic rings. The summed E-state index contributed by atoms with van der Waals surface area (Å²) in [6, 6.07) is 0. The Kier molecular flexibility index (Phi) is 5.91. The maximum Gasteiger partial charge on any atom is 0.321 e. The van der Waals surface area contributed by atoms with E-state index < -0.39 is 13.1 Å². The van der Waals surface area contributed by atoms with E-state index in [4.69, 9.17) is 4.52 Å². The highest BCUT2D eigenvalue weighted by Gasteiger charge is 2.40. The molecular weight excluding hydrogens is 285 g/mol. The van der Waals surface area contributed by atoms with Crippen LogP contribution in [0.1, 0.15) is 48.0 Å². The number of nitrogens with zero attached hydrogens (tertiary/aromatic N) is 3. The van der Waals surface area contributed by atoms with Crippen molar-refractivity contribution in [3.8, 4) is 0 Å². The standard InChI is InChI=1S/C15H32N3O2P/c1-9-13(12(2)3)21(19,20-15(4,5)6)16-14-17(7)10-11-18(14)8/h12-13H,9-11H2,1-8H3. The number of likely N-dealkylation sites (N-methyl/N-ethyl adjacent to an activating group) is 2. The predicted molar refractivity (Wildman–Crippen MR) is 90.1 cm³/mol. The molecule has 0 bridgehead atoms. The molecule has 0 spiro atoms. The first-order chi connectivity index (χ1) is 9.50. The van der Waals surface area contributed by atoms with E-state index in [-0.39, 0.29) is 11.6 Å². The minimum absolute atomic E-state index is 0.0494. The van der Waals surface area contributed by atoms with Crippen LogP contribution in [0.3, 0.4) is 0 Å². The molecule has 1 saturated heterocycles. The van der Waals surface area contributed by atoms with E-state index in [0.29, 0.717) is 0 Å². The van der Waals surface area contributed by atoms with Crippen molar-refractivity contribution in [1.29, 1.82) is 0 Å². The summed E-state index contributed by atoms with van der Waals surface area (Å²) >= 11 is 0. The van der Waals surface area contributed by atoms with E-state index >= 15 is 0 Å². The maximum absolute atomic E-state index is 13.6. The topological polar surface area (TPSA) is 45.1 Å². The van der Waals surface area contributed by atoms with E-state index in [9.17, 15) is 4.57 Å². The zero-order chi connectivity index (χ0) is 16.4. The third kappa shape index (κ3) is 4.72. The third-order valence-corrected chi connectivity index (χ3v) is 6.76. The van der Waals surface area contributed by atoms with Crippen LogP contribution in [0.4, 0.5) is 0 Å². The Labute approximate surface area is 130 Å². The largest absolute Gasteiger partial charge is 0.344 e. The van der Waals surface area contributed by atoms with Gasteiger partial charge in [0.25, 0.3) is 0 Å². The number of guanidine groups is 1. The van der Waals surface area contributed by atoms with E-state index in [1.54, 1.807) is 0 Å². The van der Waals surface area contributed by atoms with Crippen molar-refractivity contribution in [2.24, 2.45) is 10.7 Å². The van der Waals surface area contributed by atoms with Gasteiger partial charge in [0.15, 0.2) is 0 Å². The van der Waals surface area contributed by atoms with Crippen LogP contribution in [0.15, 0.2) is 4.76 Å². The molecule has 21 heavy (non-hydrogen) atoms. The molecule has 6 heteroatoms. The Morgan fingerprint density at radius 1 is 1.24 bits per heavy atom. The van der Waals surface area contributed by atoms with Gasteiger partial charge in [0.1, 0.15) is 0 Å². The van der Waals surface area contributed by atoms with Gasteiger partial charge in [-0.3, -0.25) is 4.57 Å². The third-order valence-electron chi connectivity index (χ3n) is 3.69. The fourth-order valence-corrected chi connectivity index (χ4v) is 5.58. The van der Waals surface area contributed by atoms with Crippen LogP contribution in [-0.2, 0) is 9.09 Å². The molecule has 5 nitrogen and oxygen atoms in total. The molecule has 1 heterocycles. The van der Waals surface area contributed by atoms with Crippen molar-refractivity contribution in [3.63, 3.8) is 0 Å². The average molecular weight is 317 g/mol. The van der Waals surface area contributed by atoms with Crippen LogP contribution >= 0.6 is 7.52 Å². The molecule has 2 unspecified atom stereocenters. The first kappa shape index (κ1) is 18.5. The molecule has 1 rings (SSSR count). The SMILES string of the molecule is CCC(C(C)C)P(=O)(N=C1N(C)CCN1C)OC(C)(C)C. The van der Waals surface area contributed by atoms with Gasteiger partial charge in [0, 0.05) is 27.2 Å². The number of hydrogen-bond acceptors (Lipinski definition) is 2. The van der Waals surface area contributed by atoms with Gasteiger partial charge in [-0.25, -0.2) is 0 Å². The normalized spacial score (nSPS) is 20.9. The van der Waals surface area contributed by atoms with Gasteiger partial charge in [0.05, 0.1) is 11.3 Å². The summed E-state index contributed by atoms with van der Waals surface area (Å²) in [5.74, 6) is 1.05. The van der Waals surface area contributed by atoms with E-state index in [1.165, 1.54) is 0 Å². The minimum Gasteiger partial charge on any atom is -0.344 e. The monoisotopic (exact) mass is 317 g/mol. The van der Waals surface area contributed by atoms with E-state index in [1.807, 2.05) is 44.7 Å². The van der Waals surface area contributed by atoms with Gasteiger partial charge in [0.2, 0.25) is 5.96 Å². The summed E-state index contributed by atoms with van der Waals surface area (Å²) in [5, 5.41) is 0. The van der Waals surface area contributed by atoms with Crippen molar-refractivity contribution < 1.29 is 9.09 Å². The second kappa shape index (κ2) is 6.70. The van der Waals surface area contributed by atoms with Crippen LogP contribution in [0, 0.1) is 5.92 Å². The summed E-state index contributed by atoms with van der Waals surface area (Å²) in [4.78, 5) is 4.09. The minimum atomic E-state index is -3.13. The molecule has 0 N–H and O–H groups in total. The van der Waals surface area contributed by atoms with E-state index in [0.717, 1.165) is 25.5 Å². The van der Waals surface area contributed by atoms with Gasteiger partial charge in [-0.1, -0.05) is 20.8 Å². The van der Waals surface area contributed by atoms with Crippen LogP contribution in [0.25, 0.3) is 0 Å². The molecule has 0 amide bonds. The van der Waals surface area contributed by atoms with Crippen molar-refractivity contribution in [1.82, 2.24) is 9.80 Å². The zero-order valence-corrected chi connectivity index (χ0v) is 15.8. The molecule has 0 saturated carbocycles. The quantitative estimate of drug-likeness (QED) is 0.726. The second-order valence-electron chi connectivity index (χ2n) is 7.23. The molecule has 124 valence electrons. The fraction of sp³-hybridized carbons (Fsp3) is 0.933. The summed E-state index contributed by atoms with van der Waals surface area (Å²) in [5.41, 5.74) is -0.524. The highest BCUT2D eigenvalue weighted by Crippen LogP contribution is 2.59. The van der Waals surface area contributed by atoms with Crippen LogP contribution in [0.2, 0.25) is 0 Å². The van der Waals surface area contributed by atoms with E-state index in [2.05, 4.69) is 25.5 Å². The van der Waals surface area contributed by atoms with Gasteiger partial charge < -0.3 is 14.3 Å². The number of hydrogen-bond donors (Lipinski definition) is 0. The lowest BCUT2D eigenvalue weighted by Crippen LogP contribution is -2.30. The smallest absolute Gasteiger partial charge is 0.321 e. The first-order valence-electron chi connectivity index (χ1n) is 7.83. The second-order valence-corrected chi connectivity index (χ2v) is 9.40. The summed E-state index contributed by atoms with van der Waals surface area (Å²) in [7, 11) is 0.846. The lowest BCUT2D eigenvalue weighted by Gasteiger charge is -2.33. The van der Waals surface area contributed by atoms with Gasteiger partial charge in [-0.2, -0.15) is 4.76 Å². The first-order valence-corrected chi connectivity index (χ1v) is 9.48. The molecule has 0 aromatic heterocycles. The van der Waals surface area contributed by atoms with Crippen molar-refractivity contribution >= 4 is 13.5 Å². The lowest BCUT2D eigenvalue weighted by atomic mass is 10.1. The molecule has 1 aliphatic rings. The Hall–Kier alpha value is -0.540. The van der Waals surface area contributed by atoms with Crippen molar-refractivity contribution in [2.45, 2.75) is 59.2 Å². The molecule has 2 atom stereocenters. The molecular formula is C15H32N3O2P. The molecule has 1 fully saturated rings. The summed E-state index contributed by atoms with van der Waals surface area (Å²) in [6.45, 7) is 13.9. The Morgan fingerprint density at radius 3 is 2.05 bits per heavy atom. The zero-order valence-electron chi connectivity index (χ0n) is 14.9. The van der Waals surface area contributed by atoms with Crippen molar-refractivity contribution in [2.75, 3.05) is 27.2 Å². The van der Waals surface area contributed by atoms with Gasteiger partial charge >= 0.3 is 7.52 Å². The number of rotatable bonds is 5. The van der Waals surface area contributed by atoms with Crippen LogP contribution in [0.5, 0.6) is 0 Å². The molecule has 0 radical (unpaired) electrons.